The minimum atomic E-state index is -0.203. The summed E-state index contributed by atoms with van der Waals surface area (Å²) in [4.78, 5) is 14.1. The van der Waals surface area contributed by atoms with Gasteiger partial charge in [0.1, 0.15) is 0 Å². The molecule has 4 heteroatoms. The van der Waals surface area contributed by atoms with Gasteiger partial charge in [-0.25, -0.2) is 0 Å². The molecular weight excluding hydrogens is 238 g/mol. The molecule has 110 valence electrons. The number of carbonyl (C=O) groups is 1. The molecule has 0 radical (unpaired) electrons. The van der Waals surface area contributed by atoms with Crippen molar-refractivity contribution in [1.82, 2.24) is 10.2 Å². The van der Waals surface area contributed by atoms with E-state index in [2.05, 4.69) is 17.1 Å². The summed E-state index contributed by atoms with van der Waals surface area (Å²) in [6.07, 6.45) is 9.17. The number of primary amides is 1. The Bertz CT molecular complexity index is 289. The van der Waals surface area contributed by atoms with E-state index < -0.39 is 0 Å². The molecule has 19 heavy (non-hydrogen) atoms. The van der Waals surface area contributed by atoms with Gasteiger partial charge in [0.15, 0.2) is 0 Å². The summed E-state index contributed by atoms with van der Waals surface area (Å²) >= 11 is 0. The number of nitrogens with one attached hydrogen (secondary N) is 1. The SMILES string of the molecule is CCCNC(CN1CCCC1C1CCCC1)C(N)=O. The highest BCUT2D eigenvalue weighted by molar-refractivity contribution is 5.80. The first kappa shape index (κ1) is 14.8. The Morgan fingerprint density at radius 1 is 1.32 bits per heavy atom. The van der Waals surface area contributed by atoms with Gasteiger partial charge >= 0.3 is 0 Å². The molecule has 2 unspecified atom stereocenters. The zero-order valence-corrected chi connectivity index (χ0v) is 12.2. The highest BCUT2D eigenvalue weighted by Gasteiger charge is 2.34. The Balaban J connectivity index is 1.89. The third-order valence-corrected chi connectivity index (χ3v) is 4.76. The minimum Gasteiger partial charge on any atom is -0.368 e. The van der Waals surface area contributed by atoms with Crippen LogP contribution in [-0.4, -0.2) is 42.5 Å². The average molecular weight is 267 g/mol. The molecule has 2 atom stereocenters. The van der Waals surface area contributed by atoms with Gasteiger partial charge in [-0.2, -0.15) is 0 Å². The van der Waals surface area contributed by atoms with Gasteiger partial charge in [0, 0.05) is 12.6 Å². The van der Waals surface area contributed by atoms with Crippen LogP contribution in [-0.2, 0) is 4.79 Å². The fraction of sp³-hybridized carbons (Fsp3) is 0.933. The van der Waals surface area contributed by atoms with E-state index in [4.69, 9.17) is 5.73 Å². The van der Waals surface area contributed by atoms with Crippen molar-refractivity contribution in [2.45, 2.75) is 64.0 Å². The molecule has 0 aromatic rings. The molecule has 0 aromatic heterocycles. The van der Waals surface area contributed by atoms with E-state index in [1.165, 1.54) is 38.5 Å². The first-order valence-corrected chi connectivity index (χ1v) is 7.99. The zero-order valence-electron chi connectivity index (χ0n) is 12.2. The molecule has 2 rings (SSSR count). The lowest BCUT2D eigenvalue weighted by Gasteiger charge is -2.31. The number of likely N-dealkylation sites (tertiary alicyclic amines) is 1. The Labute approximate surface area is 117 Å². The van der Waals surface area contributed by atoms with Crippen molar-refractivity contribution in [3.05, 3.63) is 0 Å². The maximum atomic E-state index is 11.6. The molecule has 2 aliphatic rings. The van der Waals surface area contributed by atoms with Crippen LogP contribution in [0.4, 0.5) is 0 Å². The van der Waals surface area contributed by atoms with Crippen molar-refractivity contribution in [2.24, 2.45) is 11.7 Å². The lowest BCUT2D eigenvalue weighted by molar-refractivity contribution is -0.120. The Morgan fingerprint density at radius 3 is 2.68 bits per heavy atom. The molecule has 0 bridgehead atoms. The van der Waals surface area contributed by atoms with E-state index in [0.29, 0.717) is 6.04 Å². The van der Waals surface area contributed by atoms with Gasteiger partial charge in [0.25, 0.3) is 0 Å². The summed E-state index contributed by atoms with van der Waals surface area (Å²) < 4.78 is 0. The number of hydrogen-bond acceptors (Lipinski definition) is 3. The molecular formula is C15H29N3O. The standard InChI is InChI=1S/C15H29N3O/c1-2-9-17-13(15(16)19)11-18-10-5-8-14(18)12-6-3-4-7-12/h12-14,17H,2-11H2,1H3,(H2,16,19). The molecule has 1 heterocycles. The van der Waals surface area contributed by atoms with E-state index in [1.807, 2.05) is 0 Å². The Morgan fingerprint density at radius 2 is 2.05 bits per heavy atom. The monoisotopic (exact) mass is 267 g/mol. The first-order chi connectivity index (χ1) is 9.22. The highest BCUT2D eigenvalue weighted by Crippen LogP contribution is 2.35. The topological polar surface area (TPSA) is 58.4 Å². The van der Waals surface area contributed by atoms with Crippen molar-refractivity contribution in [1.29, 1.82) is 0 Å². The molecule has 0 spiro atoms. The summed E-state index contributed by atoms with van der Waals surface area (Å²) in [6.45, 7) is 4.92. The van der Waals surface area contributed by atoms with Crippen molar-refractivity contribution in [3.8, 4) is 0 Å². The fourth-order valence-corrected chi connectivity index (χ4v) is 3.76. The summed E-state index contributed by atoms with van der Waals surface area (Å²) in [5, 5.41) is 3.29. The molecule has 1 saturated carbocycles. The maximum Gasteiger partial charge on any atom is 0.235 e. The van der Waals surface area contributed by atoms with Crippen molar-refractivity contribution < 1.29 is 4.79 Å². The van der Waals surface area contributed by atoms with Gasteiger partial charge in [-0.05, 0) is 51.1 Å². The van der Waals surface area contributed by atoms with E-state index >= 15 is 0 Å². The lowest BCUT2D eigenvalue weighted by atomic mass is 9.96. The predicted octanol–water partition coefficient (Wildman–Crippen LogP) is 1.49. The zero-order chi connectivity index (χ0) is 13.7. The molecule has 3 N–H and O–H groups in total. The highest BCUT2D eigenvalue weighted by atomic mass is 16.1. The van der Waals surface area contributed by atoms with Crippen molar-refractivity contribution in [2.75, 3.05) is 19.6 Å². The number of nitrogens with two attached hydrogens (primary N) is 1. The summed E-state index contributed by atoms with van der Waals surface area (Å²) in [7, 11) is 0. The van der Waals surface area contributed by atoms with Crippen molar-refractivity contribution in [3.63, 3.8) is 0 Å². The van der Waals surface area contributed by atoms with Crippen LogP contribution in [0.2, 0.25) is 0 Å². The predicted molar refractivity (Wildman–Crippen MR) is 77.8 cm³/mol. The molecule has 4 nitrogen and oxygen atoms in total. The van der Waals surface area contributed by atoms with Crippen LogP contribution in [0.25, 0.3) is 0 Å². The second kappa shape index (κ2) is 7.25. The second-order valence-electron chi connectivity index (χ2n) is 6.16. The van der Waals surface area contributed by atoms with Crippen LogP contribution >= 0.6 is 0 Å². The molecule has 1 saturated heterocycles. The van der Waals surface area contributed by atoms with Crippen LogP contribution in [0, 0.1) is 5.92 Å². The number of nitrogens with zero attached hydrogens (tertiary/aromatic N) is 1. The van der Waals surface area contributed by atoms with Gasteiger partial charge in [0.05, 0.1) is 6.04 Å². The molecule has 2 fully saturated rings. The summed E-state index contributed by atoms with van der Waals surface area (Å²) in [5.74, 6) is 0.660. The van der Waals surface area contributed by atoms with E-state index in [9.17, 15) is 4.79 Å². The van der Waals surface area contributed by atoms with Gasteiger partial charge in [-0.3, -0.25) is 9.69 Å². The largest absolute Gasteiger partial charge is 0.368 e. The second-order valence-corrected chi connectivity index (χ2v) is 6.16. The summed E-state index contributed by atoms with van der Waals surface area (Å²) in [5.41, 5.74) is 5.53. The number of rotatable bonds is 7. The van der Waals surface area contributed by atoms with Gasteiger partial charge in [-0.1, -0.05) is 19.8 Å². The van der Waals surface area contributed by atoms with Gasteiger partial charge in [-0.15, -0.1) is 0 Å². The quantitative estimate of drug-likeness (QED) is 0.735. The van der Waals surface area contributed by atoms with E-state index in [1.54, 1.807) is 0 Å². The van der Waals surface area contributed by atoms with Crippen LogP contribution in [0.5, 0.6) is 0 Å². The van der Waals surface area contributed by atoms with Gasteiger partial charge in [0.2, 0.25) is 5.91 Å². The smallest absolute Gasteiger partial charge is 0.235 e. The van der Waals surface area contributed by atoms with Crippen LogP contribution < -0.4 is 11.1 Å². The third-order valence-electron chi connectivity index (χ3n) is 4.76. The number of hydrogen-bond donors (Lipinski definition) is 2. The molecule has 0 aromatic carbocycles. The number of carbonyl (C=O) groups excluding carboxylic acids is 1. The normalized spacial score (nSPS) is 26.9. The number of amides is 1. The molecule has 1 aliphatic carbocycles. The molecule has 1 amide bonds. The first-order valence-electron chi connectivity index (χ1n) is 7.99. The lowest BCUT2D eigenvalue weighted by Crippen LogP contribution is -2.51. The van der Waals surface area contributed by atoms with E-state index in [-0.39, 0.29) is 11.9 Å². The van der Waals surface area contributed by atoms with Crippen LogP contribution in [0.15, 0.2) is 0 Å². The minimum absolute atomic E-state index is 0.179. The summed E-state index contributed by atoms with van der Waals surface area (Å²) in [6, 6.07) is 0.523. The Hall–Kier alpha value is -0.610. The van der Waals surface area contributed by atoms with Gasteiger partial charge < -0.3 is 11.1 Å². The third kappa shape index (κ3) is 3.93. The Kier molecular flexibility index (Phi) is 5.64. The molecule has 1 aliphatic heterocycles. The average Bonchev–Trinajstić information content (AvgIpc) is 3.04. The fourth-order valence-electron chi connectivity index (χ4n) is 3.76. The van der Waals surface area contributed by atoms with Crippen molar-refractivity contribution >= 4 is 5.91 Å². The van der Waals surface area contributed by atoms with E-state index in [0.717, 1.165) is 32.0 Å². The van der Waals surface area contributed by atoms with Crippen LogP contribution in [0.3, 0.4) is 0 Å². The van der Waals surface area contributed by atoms with Crippen LogP contribution in [0.1, 0.15) is 51.9 Å². The maximum absolute atomic E-state index is 11.6.